The molecule has 8 heteroatoms. The van der Waals surface area contributed by atoms with Crippen LogP contribution in [0, 0.1) is 0 Å². The van der Waals surface area contributed by atoms with Crippen molar-refractivity contribution in [3.8, 4) is 11.5 Å². The fraction of sp³-hybridized carbons (Fsp3) is 0.389. The number of nitrogens with zero attached hydrogens (tertiary/aromatic N) is 2. The van der Waals surface area contributed by atoms with Gasteiger partial charge in [-0.25, -0.2) is 0 Å². The lowest BCUT2D eigenvalue weighted by Crippen LogP contribution is -2.30. The number of carbonyl (C=O) groups excluding carboxylic acids is 1. The van der Waals surface area contributed by atoms with Crippen LogP contribution in [0.1, 0.15) is 30.0 Å². The van der Waals surface area contributed by atoms with E-state index in [1.54, 1.807) is 29.1 Å². The van der Waals surface area contributed by atoms with Gasteiger partial charge < -0.3 is 19.9 Å². The molecule has 0 aliphatic heterocycles. The molecule has 0 fully saturated rings. The molecule has 1 unspecified atom stereocenters. The monoisotopic (exact) mass is 361 g/mol. The number of aromatic nitrogens is 2. The number of aliphatic carboxylic acids is 1. The van der Waals surface area contributed by atoms with Crippen molar-refractivity contribution in [3.05, 3.63) is 41.7 Å². The highest BCUT2D eigenvalue weighted by atomic mass is 16.5. The van der Waals surface area contributed by atoms with Crippen molar-refractivity contribution in [2.45, 2.75) is 25.3 Å². The van der Waals surface area contributed by atoms with Crippen LogP contribution in [0.25, 0.3) is 0 Å². The van der Waals surface area contributed by atoms with Gasteiger partial charge in [-0.3, -0.25) is 14.3 Å². The van der Waals surface area contributed by atoms with Crippen LogP contribution in [-0.2, 0) is 23.1 Å². The summed E-state index contributed by atoms with van der Waals surface area (Å²) in [7, 11) is 4.83. The van der Waals surface area contributed by atoms with Gasteiger partial charge in [-0.15, -0.1) is 0 Å². The Morgan fingerprint density at radius 2 is 2.00 bits per heavy atom. The van der Waals surface area contributed by atoms with Gasteiger partial charge >= 0.3 is 5.97 Å². The quantitative estimate of drug-likeness (QED) is 0.705. The zero-order chi connectivity index (χ0) is 19.1. The average Bonchev–Trinajstić information content (AvgIpc) is 3.03. The summed E-state index contributed by atoms with van der Waals surface area (Å²) in [6, 6.07) is 4.42. The number of methoxy groups -OCH3 is 2. The fourth-order valence-corrected chi connectivity index (χ4v) is 2.62. The number of benzene rings is 1. The van der Waals surface area contributed by atoms with Gasteiger partial charge in [-0.05, 0) is 29.7 Å². The highest BCUT2D eigenvalue weighted by Crippen LogP contribution is 2.31. The Kier molecular flexibility index (Phi) is 6.60. The van der Waals surface area contributed by atoms with E-state index in [-0.39, 0.29) is 18.7 Å². The normalized spacial score (nSPS) is 11.7. The standard InChI is InChI=1S/C18H23N3O5/c1-21-11-12(10-19-21)4-7-17(22)20-14(9-18(23)24)13-5-6-15(25-2)16(8-13)26-3/h5-6,8,10-11,14H,4,7,9H2,1-3H3,(H,20,22)(H,23,24). The molecule has 0 spiro atoms. The molecule has 2 rings (SSSR count). The number of carboxylic acid groups (broad SMARTS) is 1. The van der Waals surface area contributed by atoms with Gasteiger partial charge in [0.25, 0.3) is 0 Å². The van der Waals surface area contributed by atoms with Crippen LogP contribution in [0.15, 0.2) is 30.6 Å². The topological polar surface area (TPSA) is 103 Å². The maximum absolute atomic E-state index is 12.3. The van der Waals surface area contributed by atoms with Crippen molar-refractivity contribution in [1.82, 2.24) is 15.1 Å². The number of amides is 1. The molecule has 2 aromatic rings. The molecule has 0 bridgehead atoms. The van der Waals surface area contributed by atoms with E-state index in [0.717, 1.165) is 5.56 Å². The molecule has 26 heavy (non-hydrogen) atoms. The SMILES string of the molecule is COc1ccc(C(CC(=O)O)NC(=O)CCc2cnn(C)c2)cc1OC. The molecule has 0 radical (unpaired) electrons. The molecule has 1 atom stereocenters. The third-order valence-corrected chi connectivity index (χ3v) is 3.92. The van der Waals surface area contributed by atoms with Crippen molar-refractivity contribution in [3.63, 3.8) is 0 Å². The minimum atomic E-state index is -1.00. The van der Waals surface area contributed by atoms with Crippen LogP contribution < -0.4 is 14.8 Å². The third kappa shape index (κ3) is 5.23. The lowest BCUT2D eigenvalue weighted by molar-refractivity contribution is -0.137. The largest absolute Gasteiger partial charge is 0.493 e. The van der Waals surface area contributed by atoms with E-state index in [1.807, 2.05) is 13.2 Å². The van der Waals surface area contributed by atoms with Gasteiger partial charge in [0.1, 0.15) is 0 Å². The molecule has 0 saturated carbocycles. The minimum absolute atomic E-state index is 0.227. The molecule has 2 N–H and O–H groups in total. The summed E-state index contributed by atoms with van der Waals surface area (Å²) in [5.74, 6) is -0.217. The predicted molar refractivity (Wildman–Crippen MR) is 94.2 cm³/mol. The number of ether oxygens (including phenoxy) is 2. The van der Waals surface area contributed by atoms with Gasteiger partial charge in [0.15, 0.2) is 11.5 Å². The molecular weight excluding hydrogens is 338 g/mol. The van der Waals surface area contributed by atoms with E-state index in [0.29, 0.717) is 23.5 Å². The van der Waals surface area contributed by atoms with Gasteiger partial charge in [0.05, 0.1) is 32.9 Å². The van der Waals surface area contributed by atoms with E-state index >= 15 is 0 Å². The van der Waals surface area contributed by atoms with Gasteiger partial charge in [-0.2, -0.15) is 5.10 Å². The van der Waals surface area contributed by atoms with Crippen LogP contribution in [0.2, 0.25) is 0 Å². The van der Waals surface area contributed by atoms with Gasteiger partial charge in [0.2, 0.25) is 5.91 Å². The van der Waals surface area contributed by atoms with E-state index in [9.17, 15) is 14.7 Å². The summed E-state index contributed by atoms with van der Waals surface area (Å²) >= 11 is 0. The third-order valence-electron chi connectivity index (χ3n) is 3.92. The Balaban J connectivity index is 2.08. The molecule has 140 valence electrons. The smallest absolute Gasteiger partial charge is 0.305 e. The number of rotatable bonds is 9. The summed E-state index contributed by atoms with van der Waals surface area (Å²) in [5.41, 5.74) is 1.59. The van der Waals surface area contributed by atoms with Crippen LogP contribution in [0.4, 0.5) is 0 Å². The first-order valence-electron chi connectivity index (χ1n) is 8.13. The lowest BCUT2D eigenvalue weighted by atomic mass is 10.0. The summed E-state index contributed by atoms with van der Waals surface area (Å²) in [6.07, 6.45) is 4.10. The molecule has 0 saturated heterocycles. The summed E-state index contributed by atoms with van der Waals surface area (Å²) in [4.78, 5) is 23.5. The Bertz CT molecular complexity index is 772. The highest BCUT2D eigenvalue weighted by Gasteiger charge is 2.20. The van der Waals surface area contributed by atoms with Crippen LogP contribution >= 0.6 is 0 Å². The number of carbonyl (C=O) groups is 2. The van der Waals surface area contributed by atoms with E-state index < -0.39 is 12.0 Å². The number of aryl methyl sites for hydroxylation is 2. The molecule has 8 nitrogen and oxygen atoms in total. The highest BCUT2D eigenvalue weighted by molar-refractivity contribution is 5.78. The van der Waals surface area contributed by atoms with Gasteiger partial charge in [-0.1, -0.05) is 6.07 Å². The van der Waals surface area contributed by atoms with Crippen molar-refractivity contribution in [2.24, 2.45) is 7.05 Å². The van der Waals surface area contributed by atoms with E-state index in [1.165, 1.54) is 14.2 Å². The Morgan fingerprint density at radius 3 is 2.58 bits per heavy atom. The number of nitrogens with one attached hydrogen (secondary N) is 1. The van der Waals surface area contributed by atoms with Gasteiger partial charge in [0, 0.05) is 19.7 Å². The zero-order valence-corrected chi connectivity index (χ0v) is 15.1. The second-order valence-corrected chi connectivity index (χ2v) is 5.85. The second-order valence-electron chi connectivity index (χ2n) is 5.85. The Morgan fingerprint density at radius 1 is 1.27 bits per heavy atom. The maximum Gasteiger partial charge on any atom is 0.305 e. The zero-order valence-electron chi connectivity index (χ0n) is 15.1. The van der Waals surface area contributed by atoms with E-state index in [2.05, 4.69) is 10.4 Å². The first-order valence-corrected chi connectivity index (χ1v) is 8.13. The molecule has 0 aliphatic carbocycles. The maximum atomic E-state index is 12.3. The molecule has 1 aromatic carbocycles. The van der Waals surface area contributed by atoms with Crippen LogP contribution in [-0.4, -0.2) is 41.0 Å². The average molecular weight is 361 g/mol. The van der Waals surface area contributed by atoms with E-state index in [4.69, 9.17) is 9.47 Å². The van der Waals surface area contributed by atoms with Crippen molar-refractivity contribution >= 4 is 11.9 Å². The Labute approximate surface area is 151 Å². The summed E-state index contributed by atoms with van der Waals surface area (Å²) in [6.45, 7) is 0. The van der Waals surface area contributed by atoms with Crippen molar-refractivity contribution in [2.75, 3.05) is 14.2 Å². The molecule has 1 aromatic heterocycles. The molecule has 1 amide bonds. The van der Waals surface area contributed by atoms with Crippen molar-refractivity contribution < 1.29 is 24.2 Å². The fourth-order valence-electron chi connectivity index (χ4n) is 2.62. The first-order chi connectivity index (χ1) is 12.4. The minimum Gasteiger partial charge on any atom is -0.493 e. The first kappa shape index (κ1) is 19.3. The molecule has 0 aliphatic rings. The summed E-state index contributed by atoms with van der Waals surface area (Å²) < 4.78 is 12.1. The Hall–Kier alpha value is -3.03. The van der Waals surface area contributed by atoms with Crippen LogP contribution in [0.3, 0.4) is 0 Å². The molecule has 1 heterocycles. The molecular formula is C18H23N3O5. The summed E-state index contributed by atoms with van der Waals surface area (Å²) in [5, 5.41) is 16.0. The number of hydrogen-bond acceptors (Lipinski definition) is 5. The lowest BCUT2D eigenvalue weighted by Gasteiger charge is -2.19. The van der Waals surface area contributed by atoms with Crippen molar-refractivity contribution in [1.29, 1.82) is 0 Å². The number of hydrogen-bond donors (Lipinski definition) is 2. The number of carboxylic acids is 1. The predicted octanol–water partition coefficient (Wildman–Crippen LogP) is 1.70. The second kappa shape index (κ2) is 8.89. The van der Waals surface area contributed by atoms with Crippen LogP contribution in [0.5, 0.6) is 11.5 Å².